The highest BCUT2D eigenvalue weighted by atomic mass is 35.5. The number of carbonyl (C=O) groups is 2. The van der Waals surface area contributed by atoms with Gasteiger partial charge in [-0.2, -0.15) is 9.90 Å². The second-order valence-electron chi connectivity index (χ2n) is 5.35. The van der Waals surface area contributed by atoms with Gasteiger partial charge in [0.2, 0.25) is 0 Å². The smallest absolute Gasteiger partial charge is 0.334 e. The van der Waals surface area contributed by atoms with Crippen LogP contribution >= 0.6 is 11.6 Å². The number of carbonyl (C=O) groups excluding carboxylic acids is 1. The number of rotatable bonds is 3. The van der Waals surface area contributed by atoms with Crippen molar-refractivity contribution in [3.63, 3.8) is 0 Å². The van der Waals surface area contributed by atoms with Gasteiger partial charge in [0.25, 0.3) is 5.91 Å². The topological polar surface area (TPSA) is 97.5 Å². The van der Waals surface area contributed by atoms with Gasteiger partial charge in [-0.25, -0.2) is 4.79 Å². The molecule has 1 saturated heterocycles. The molecule has 1 aliphatic heterocycles. The van der Waals surface area contributed by atoms with Crippen LogP contribution < -0.4 is 0 Å². The van der Waals surface area contributed by atoms with Crippen molar-refractivity contribution in [2.24, 2.45) is 0 Å². The predicted molar refractivity (Wildman–Crippen MR) is 84.4 cm³/mol. The van der Waals surface area contributed by atoms with Gasteiger partial charge < -0.3 is 14.7 Å². The van der Waals surface area contributed by atoms with E-state index in [1.54, 1.807) is 31.2 Å². The molecule has 0 radical (unpaired) electrons. The minimum Gasteiger partial charge on any atom is -0.479 e. The molecule has 1 unspecified atom stereocenters. The van der Waals surface area contributed by atoms with Crippen molar-refractivity contribution in [2.45, 2.75) is 13.0 Å². The number of morpholine rings is 1. The molecule has 1 amide bonds. The van der Waals surface area contributed by atoms with Crippen molar-refractivity contribution in [3.8, 4) is 5.69 Å². The first-order valence-corrected chi connectivity index (χ1v) is 7.67. The zero-order chi connectivity index (χ0) is 17.3. The summed E-state index contributed by atoms with van der Waals surface area (Å²) in [5.41, 5.74) is 1.27. The lowest BCUT2D eigenvalue weighted by Crippen LogP contribution is -2.48. The first kappa shape index (κ1) is 16.4. The third-order valence-electron chi connectivity index (χ3n) is 3.65. The van der Waals surface area contributed by atoms with E-state index in [-0.39, 0.29) is 24.8 Å². The minimum absolute atomic E-state index is 0.0162. The molecule has 2 heterocycles. The van der Waals surface area contributed by atoms with E-state index >= 15 is 0 Å². The van der Waals surface area contributed by atoms with Crippen LogP contribution in [-0.4, -0.2) is 62.7 Å². The number of halogens is 1. The normalized spacial score (nSPS) is 17.8. The fraction of sp³-hybridized carbons (Fsp3) is 0.333. The van der Waals surface area contributed by atoms with Gasteiger partial charge in [-0.05, 0) is 25.1 Å². The van der Waals surface area contributed by atoms with Crippen LogP contribution in [0.15, 0.2) is 24.3 Å². The number of ether oxygens (including phenoxy) is 1. The number of hydrogen-bond donors (Lipinski definition) is 1. The minimum atomic E-state index is -1.09. The Kier molecular flexibility index (Phi) is 4.50. The summed E-state index contributed by atoms with van der Waals surface area (Å²) in [4.78, 5) is 26.4. The van der Waals surface area contributed by atoms with E-state index in [1.807, 2.05) is 0 Å². The van der Waals surface area contributed by atoms with Gasteiger partial charge in [-0.1, -0.05) is 17.7 Å². The molecule has 0 aliphatic carbocycles. The number of carboxylic acid groups (broad SMARTS) is 1. The maximum atomic E-state index is 12.6. The number of aliphatic carboxylic acids is 1. The molecular weight excluding hydrogens is 336 g/mol. The molecule has 24 heavy (non-hydrogen) atoms. The summed E-state index contributed by atoms with van der Waals surface area (Å²) in [5.74, 6) is -1.46. The van der Waals surface area contributed by atoms with E-state index in [1.165, 1.54) is 9.70 Å². The van der Waals surface area contributed by atoms with Crippen molar-refractivity contribution < 1.29 is 19.4 Å². The molecule has 1 fully saturated rings. The van der Waals surface area contributed by atoms with E-state index in [9.17, 15) is 9.59 Å². The first-order valence-electron chi connectivity index (χ1n) is 7.29. The van der Waals surface area contributed by atoms with E-state index in [2.05, 4.69) is 10.2 Å². The van der Waals surface area contributed by atoms with Gasteiger partial charge >= 0.3 is 5.97 Å². The van der Waals surface area contributed by atoms with Crippen LogP contribution in [0.25, 0.3) is 5.69 Å². The van der Waals surface area contributed by atoms with Crippen molar-refractivity contribution in [1.82, 2.24) is 19.9 Å². The molecule has 1 aliphatic rings. The molecule has 0 bridgehead atoms. The van der Waals surface area contributed by atoms with Crippen molar-refractivity contribution in [1.29, 1.82) is 0 Å². The fourth-order valence-electron chi connectivity index (χ4n) is 2.43. The maximum Gasteiger partial charge on any atom is 0.334 e. The highest BCUT2D eigenvalue weighted by Gasteiger charge is 2.31. The van der Waals surface area contributed by atoms with Crippen LogP contribution in [0.4, 0.5) is 0 Å². The summed E-state index contributed by atoms with van der Waals surface area (Å²) in [6, 6.07) is 6.95. The average molecular weight is 351 g/mol. The molecule has 1 N–H and O–H groups in total. The predicted octanol–water partition coefficient (Wildman–Crippen LogP) is 1.15. The summed E-state index contributed by atoms with van der Waals surface area (Å²) in [7, 11) is 0. The highest BCUT2D eigenvalue weighted by molar-refractivity contribution is 6.30. The quantitative estimate of drug-likeness (QED) is 0.892. The number of hydrogen-bond acceptors (Lipinski definition) is 5. The van der Waals surface area contributed by atoms with Crippen LogP contribution in [0.5, 0.6) is 0 Å². The molecule has 9 heteroatoms. The number of nitrogens with zero attached hydrogens (tertiary/aromatic N) is 4. The van der Waals surface area contributed by atoms with E-state index in [0.29, 0.717) is 22.9 Å². The van der Waals surface area contributed by atoms with Crippen molar-refractivity contribution in [2.75, 3.05) is 19.7 Å². The van der Waals surface area contributed by atoms with E-state index in [0.717, 1.165) is 0 Å². The van der Waals surface area contributed by atoms with Gasteiger partial charge in [-0.3, -0.25) is 4.79 Å². The van der Waals surface area contributed by atoms with Gasteiger partial charge in [-0.15, -0.1) is 5.10 Å². The molecule has 1 aromatic carbocycles. The molecule has 2 aromatic rings. The van der Waals surface area contributed by atoms with Gasteiger partial charge in [0, 0.05) is 11.6 Å². The van der Waals surface area contributed by atoms with Crippen molar-refractivity contribution in [3.05, 3.63) is 40.7 Å². The Morgan fingerprint density at radius 1 is 1.38 bits per heavy atom. The molecule has 0 saturated carbocycles. The van der Waals surface area contributed by atoms with Crippen LogP contribution in [0.1, 0.15) is 16.2 Å². The Balaban J connectivity index is 1.84. The Bertz CT molecular complexity index is 792. The lowest BCUT2D eigenvalue weighted by molar-refractivity contribution is -0.154. The zero-order valence-corrected chi connectivity index (χ0v) is 13.6. The molecule has 8 nitrogen and oxygen atoms in total. The third kappa shape index (κ3) is 3.24. The molecule has 0 spiro atoms. The van der Waals surface area contributed by atoms with Crippen LogP contribution in [-0.2, 0) is 9.53 Å². The highest BCUT2D eigenvalue weighted by Crippen LogP contribution is 2.16. The molecule has 1 aromatic heterocycles. The lowest BCUT2D eigenvalue weighted by atomic mass is 10.2. The van der Waals surface area contributed by atoms with Gasteiger partial charge in [0.1, 0.15) is 0 Å². The number of carboxylic acids is 1. The monoisotopic (exact) mass is 350 g/mol. The zero-order valence-electron chi connectivity index (χ0n) is 12.8. The Morgan fingerprint density at radius 3 is 2.88 bits per heavy atom. The Hall–Kier alpha value is -2.45. The molecular formula is C15H15ClN4O4. The summed E-state index contributed by atoms with van der Waals surface area (Å²) < 4.78 is 5.12. The number of amides is 1. The number of aromatic nitrogens is 3. The third-order valence-corrected chi connectivity index (χ3v) is 3.89. The lowest BCUT2D eigenvalue weighted by Gasteiger charge is -2.30. The van der Waals surface area contributed by atoms with Crippen molar-refractivity contribution >= 4 is 23.5 Å². The SMILES string of the molecule is Cc1nn(-c2cccc(Cl)c2)nc1C(=O)N1CCOC(C(=O)O)C1. The average Bonchev–Trinajstić information content (AvgIpc) is 2.96. The molecule has 126 valence electrons. The second kappa shape index (κ2) is 6.58. The Morgan fingerprint density at radius 2 is 2.17 bits per heavy atom. The van der Waals surface area contributed by atoms with Gasteiger partial charge in [0.15, 0.2) is 11.8 Å². The van der Waals surface area contributed by atoms with E-state index in [4.69, 9.17) is 21.4 Å². The maximum absolute atomic E-state index is 12.6. The first-order chi connectivity index (χ1) is 11.5. The fourth-order valence-corrected chi connectivity index (χ4v) is 2.61. The largest absolute Gasteiger partial charge is 0.479 e. The molecule has 1 atom stereocenters. The van der Waals surface area contributed by atoms with Crippen LogP contribution in [0, 0.1) is 6.92 Å². The Labute approximate surface area is 142 Å². The standard InChI is InChI=1S/C15H15ClN4O4/c1-9-13(14(21)19-5-6-24-12(8-19)15(22)23)18-20(17-9)11-4-2-3-10(16)7-11/h2-4,7,12H,5-6,8H2,1H3,(H,22,23). The summed E-state index contributed by atoms with van der Waals surface area (Å²) >= 11 is 5.96. The number of aryl methyl sites for hydroxylation is 1. The van der Waals surface area contributed by atoms with Gasteiger partial charge in [0.05, 0.1) is 24.5 Å². The summed E-state index contributed by atoms with van der Waals surface area (Å²) in [6.07, 6.45) is -1.02. The summed E-state index contributed by atoms with van der Waals surface area (Å²) in [5, 5.41) is 18.0. The second-order valence-corrected chi connectivity index (χ2v) is 5.79. The van der Waals surface area contributed by atoms with E-state index < -0.39 is 12.1 Å². The van der Waals surface area contributed by atoms with Crippen LogP contribution in [0.2, 0.25) is 5.02 Å². The molecule has 3 rings (SSSR count). The number of benzene rings is 1. The van der Waals surface area contributed by atoms with Crippen LogP contribution in [0.3, 0.4) is 0 Å². The summed E-state index contributed by atoms with van der Waals surface area (Å²) in [6.45, 7) is 2.14.